The molecule has 9 heteroatoms. The summed E-state index contributed by atoms with van der Waals surface area (Å²) in [7, 11) is -1.22. The molecule has 1 saturated heterocycles. The van der Waals surface area contributed by atoms with E-state index in [1.807, 2.05) is 91.0 Å². The van der Waals surface area contributed by atoms with E-state index in [1.54, 1.807) is 0 Å². The molecule has 38 heavy (non-hydrogen) atoms. The number of benzene rings is 3. The van der Waals surface area contributed by atoms with Crippen molar-refractivity contribution in [2.75, 3.05) is 20.8 Å². The van der Waals surface area contributed by atoms with Crippen molar-refractivity contribution in [1.29, 1.82) is 0 Å². The Labute approximate surface area is 223 Å². The van der Waals surface area contributed by atoms with Crippen LogP contribution in [-0.2, 0) is 52.4 Å². The Morgan fingerprint density at radius 1 is 0.658 bits per heavy atom. The Morgan fingerprint density at radius 3 is 1.45 bits per heavy atom. The summed E-state index contributed by atoms with van der Waals surface area (Å²) < 4.78 is 49.6. The number of aliphatic hydroxyl groups excluding tert-OH is 1. The highest BCUT2D eigenvalue weighted by Crippen LogP contribution is 2.56. The Morgan fingerprint density at radius 2 is 1.05 bits per heavy atom. The summed E-state index contributed by atoms with van der Waals surface area (Å²) in [5.41, 5.74) is 2.82. The Balaban J connectivity index is 1.67. The van der Waals surface area contributed by atoms with Crippen LogP contribution in [-0.4, -0.2) is 56.2 Å². The van der Waals surface area contributed by atoms with Crippen LogP contribution in [0, 0.1) is 0 Å². The SMILES string of the molecule is COP(=O)(OC)[C@H]1O[C@H](CO)[C@@H](OCc2ccccc2)[C@H](OCc2ccccc2)[C@H]1OCc1ccccc1. The first-order valence-corrected chi connectivity index (χ1v) is 14.1. The molecule has 0 spiro atoms. The van der Waals surface area contributed by atoms with Crippen molar-refractivity contribution in [3.8, 4) is 0 Å². The van der Waals surface area contributed by atoms with E-state index in [0.29, 0.717) is 0 Å². The zero-order valence-corrected chi connectivity index (χ0v) is 22.5. The normalized spacial score (nSPS) is 23.8. The molecule has 0 bridgehead atoms. The van der Waals surface area contributed by atoms with Gasteiger partial charge >= 0.3 is 7.60 Å². The molecule has 4 rings (SSSR count). The van der Waals surface area contributed by atoms with Gasteiger partial charge < -0.3 is 33.1 Å². The first kappa shape index (κ1) is 28.6. The minimum Gasteiger partial charge on any atom is -0.394 e. The van der Waals surface area contributed by atoms with E-state index in [0.717, 1.165) is 16.7 Å². The molecule has 0 unspecified atom stereocenters. The summed E-state index contributed by atoms with van der Waals surface area (Å²) in [6, 6.07) is 29.0. The highest BCUT2D eigenvalue weighted by Gasteiger charge is 2.55. The van der Waals surface area contributed by atoms with Crippen LogP contribution in [0.5, 0.6) is 0 Å². The monoisotopic (exact) mass is 542 g/mol. The van der Waals surface area contributed by atoms with E-state index in [4.69, 9.17) is 28.0 Å². The Bertz CT molecular complexity index is 1120. The highest BCUT2D eigenvalue weighted by molar-refractivity contribution is 7.54. The molecule has 204 valence electrons. The summed E-state index contributed by atoms with van der Waals surface area (Å²) in [6.45, 7) is 0.328. The quantitative estimate of drug-likeness (QED) is 0.304. The maximum absolute atomic E-state index is 13.7. The van der Waals surface area contributed by atoms with Crippen LogP contribution in [0.4, 0.5) is 0 Å². The van der Waals surface area contributed by atoms with Crippen LogP contribution in [0.2, 0.25) is 0 Å². The fourth-order valence-electron chi connectivity index (χ4n) is 4.45. The van der Waals surface area contributed by atoms with Gasteiger partial charge in [0, 0.05) is 14.2 Å². The molecule has 1 N–H and O–H groups in total. The second kappa shape index (κ2) is 14.1. The minimum atomic E-state index is -3.81. The molecule has 3 aromatic rings. The molecule has 5 atom stereocenters. The van der Waals surface area contributed by atoms with Crippen molar-refractivity contribution in [3.63, 3.8) is 0 Å². The van der Waals surface area contributed by atoms with Gasteiger partial charge in [-0.15, -0.1) is 0 Å². The maximum Gasteiger partial charge on any atom is 0.361 e. The fraction of sp³-hybridized carbons (Fsp3) is 0.379. The van der Waals surface area contributed by atoms with Crippen molar-refractivity contribution >= 4 is 7.60 Å². The van der Waals surface area contributed by atoms with E-state index in [1.165, 1.54) is 14.2 Å². The molecule has 0 saturated carbocycles. The standard InChI is InChI=1S/C29H35O8P/c1-32-38(31,33-2)29-28(36-21-24-16-10-5-11-17-24)27(35-20-23-14-8-4-9-15-23)26(25(18-30)37-29)34-19-22-12-6-3-7-13-22/h3-17,25-30H,18-21H2,1-2H3/t25-,26-,27+,28-,29-/m1/s1. The summed E-state index contributed by atoms with van der Waals surface area (Å²) in [5.74, 6) is -1.16. The summed E-state index contributed by atoms with van der Waals surface area (Å²) in [5, 5.41) is 10.3. The lowest BCUT2D eigenvalue weighted by Crippen LogP contribution is -2.61. The molecular weight excluding hydrogens is 507 g/mol. The lowest BCUT2D eigenvalue weighted by Gasteiger charge is -2.46. The van der Waals surface area contributed by atoms with Gasteiger partial charge in [-0.25, -0.2) is 0 Å². The van der Waals surface area contributed by atoms with E-state index in [2.05, 4.69) is 0 Å². The van der Waals surface area contributed by atoms with Crippen LogP contribution in [0.3, 0.4) is 0 Å². The summed E-state index contributed by atoms with van der Waals surface area (Å²) in [4.78, 5) is 0. The van der Waals surface area contributed by atoms with Crippen LogP contribution >= 0.6 is 7.60 Å². The lowest BCUT2D eigenvalue weighted by atomic mass is 9.99. The van der Waals surface area contributed by atoms with Gasteiger partial charge in [0.25, 0.3) is 0 Å². The molecule has 1 aliphatic heterocycles. The maximum atomic E-state index is 13.7. The fourth-order valence-corrected chi connectivity index (χ4v) is 5.93. The van der Waals surface area contributed by atoms with Gasteiger partial charge in [0.2, 0.25) is 0 Å². The minimum absolute atomic E-state index is 0.208. The van der Waals surface area contributed by atoms with Crippen molar-refractivity contribution < 1.29 is 37.7 Å². The van der Waals surface area contributed by atoms with Crippen LogP contribution in [0.15, 0.2) is 91.0 Å². The largest absolute Gasteiger partial charge is 0.394 e. The van der Waals surface area contributed by atoms with Gasteiger partial charge in [-0.2, -0.15) is 0 Å². The summed E-state index contributed by atoms with van der Waals surface area (Å²) >= 11 is 0. The van der Waals surface area contributed by atoms with Gasteiger partial charge in [0.05, 0.1) is 26.4 Å². The molecule has 3 aromatic carbocycles. The molecule has 8 nitrogen and oxygen atoms in total. The van der Waals surface area contributed by atoms with E-state index in [-0.39, 0.29) is 26.4 Å². The van der Waals surface area contributed by atoms with Crippen molar-refractivity contribution in [1.82, 2.24) is 0 Å². The number of aliphatic hydroxyl groups is 1. The van der Waals surface area contributed by atoms with Gasteiger partial charge in [-0.05, 0) is 16.7 Å². The van der Waals surface area contributed by atoms with Crippen molar-refractivity contribution in [2.24, 2.45) is 0 Å². The second-order valence-corrected chi connectivity index (χ2v) is 11.3. The topological polar surface area (TPSA) is 92.7 Å². The van der Waals surface area contributed by atoms with Crippen LogP contribution < -0.4 is 0 Å². The molecule has 0 aromatic heterocycles. The van der Waals surface area contributed by atoms with E-state index in [9.17, 15) is 9.67 Å². The molecule has 0 aliphatic carbocycles. The van der Waals surface area contributed by atoms with Gasteiger partial charge in [0.15, 0.2) is 5.85 Å². The molecule has 0 radical (unpaired) electrons. The van der Waals surface area contributed by atoms with Crippen LogP contribution in [0.25, 0.3) is 0 Å². The van der Waals surface area contributed by atoms with Crippen LogP contribution in [0.1, 0.15) is 16.7 Å². The average Bonchev–Trinajstić information content (AvgIpc) is 2.99. The first-order valence-electron chi connectivity index (χ1n) is 12.5. The smallest absolute Gasteiger partial charge is 0.361 e. The number of rotatable bonds is 13. The number of hydrogen-bond donors (Lipinski definition) is 1. The lowest BCUT2D eigenvalue weighted by molar-refractivity contribution is -0.256. The Kier molecular flexibility index (Phi) is 10.6. The second-order valence-electron chi connectivity index (χ2n) is 8.94. The van der Waals surface area contributed by atoms with Crippen molar-refractivity contribution in [2.45, 2.75) is 50.1 Å². The first-order chi connectivity index (χ1) is 18.6. The predicted molar refractivity (Wildman–Crippen MR) is 142 cm³/mol. The molecule has 1 aliphatic rings. The van der Waals surface area contributed by atoms with E-state index >= 15 is 0 Å². The summed E-state index contributed by atoms with van der Waals surface area (Å²) in [6.07, 6.45) is -3.26. The highest BCUT2D eigenvalue weighted by atomic mass is 31.2. The zero-order chi connectivity index (χ0) is 26.8. The van der Waals surface area contributed by atoms with Gasteiger partial charge in [0.1, 0.15) is 24.4 Å². The average molecular weight is 543 g/mol. The molecule has 0 amide bonds. The third kappa shape index (κ3) is 7.17. The molecular formula is C29H35O8P. The third-order valence-corrected chi connectivity index (χ3v) is 8.52. The zero-order valence-electron chi connectivity index (χ0n) is 21.6. The number of hydrogen-bond acceptors (Lipinski definition) is 8. The molecule has 1 fully saturated rings. The van der Waals surface area contributed by atoms with Crippen molar-refractivity contribution in [3.05, 3.63) is 108 Å². The van der Waals surface area contributed by atoms with E-state index < -0.39 is 37.9 Å². The Hall–Kier alpha value is -2.39. The van der Waals surface area contributed by atoms with Gasteiger partial charge in [-0.1, -0.05) is 91.0 Å². The number of ether oxygens (including phenoxy) is 4. The third-order valence-electron chi connectivity index (χ3n) is 6.47. The van der Waals surface area contributed by atoms with Gasteiger partial charge in [-0.3, -0.25) is 4.57 Å². The molecule has 1 heterocycles. The predicted octanol–water partition coefficient (Wildman–Crippen LogP) is 4.95.